The van der Waals surface area contributed by atoms with Gasteiger partial charge >= 0.3 is 5.97 Å². The van der Waals surface area contributed by atoms with E-state index in [1.54, 1.807) is 0 Å². The monoisotopic (exact) mass is 245 g/mol. The molecule has 1 aliphatic carbocycles. The molecule has 0 saturated heterocycles. The predicted molar refractivity (Wildman–Crippen MR) is 71.2 cm³/mol. The van der Waals surface area contributed by atoms with Crippen LogP contribution in [0, 0.1) is 0 Å². The van der Waals surface area contributed by atoms with Crippen molar-refractivity contribution in [2.45, 2.75) is 44.6 Å². The van der Waals surface area contributed by atoms with E-state index >= 15 is 0 Å². The molecular formula is C15H19NO2. The highest BCUT2D eigenvalue weighted by Gasteiger charge is 2.39. The average Bonchev–Trinajstić information content (AvgIpc) is 2.94. The summed E-state index contributed by atoms with van der Waals surface area (Å²) in [6.45, 7) is 1.82. The fourth-order valence-corrected chi connectivity index (χ4v) is 3.36. The molecule has 2 aliphatic rings. The lowest BCUT2D eigenvalue weighted by atomic mass is 9.97. The molecule has 0 N–H and O–H groups in total. The van der Waals surface area contributed by atoms with E-state index < -0.39 is 0 Å². The Morgan fingerprint density at radius 2 is 2.28 bits per heavy atom. The van der Waals surface area contributed by atoms with E-state index in [9.17, 15) is 4.79 Å². The minimum Gasteiger partial charge on any atom is -0.427 e. The molecule has 3 nitrogen and oxygen atoms in total. The molecule has 1 aliphatic heterocycles. The molecule has 0 unspecified atom stereocenters. The van der Waals surface area contributed by atoms with Crippen molar-refractivity contribution in [2.24, 2.45) is 0 Å². The summed E-state index contributed by atoms with van der Waals surface area (Å²) in [5, 5.41) is 0. The minimum atomic E-state index is -0.163. The number of anilines is 1. The molecule has 0 bridgehead atoms. The van der Waals surface area contributed by atoms with Crippen LogP contribution in [-0.2, 0) is 4.79 Å². The number of carbonyl (C=O) groups is 1. The number of hydrogen-bond acceptors (Lipinski definition) is 3. The Labute approximate surface area is 108 Å². The Hall–Kier alpha value is -1.51. The second kappa shape index (κ2) is 4.30. The zero-order valence-corrected chi connectivity index (χ0v) is 11.0. The lowest BCUT2D eigenvalue weighted by molar-refractivity contribution is -0.134. The lowest BCUT2D eigenvalue weighted by Crippen LogP contribution is -2.26. The number of ether oxygens (including phenoxy) is 1. The van der Waals surface area contributed by atoms with Gasteiger partial charge in [-0.2, -0.15) is 0 Å². The van der Waals surface area contributed by atoms with Crippen LogP contribution in [0.2, 0.25) is 0 Å². The standard InChI is InChI=1S/C15H19NO2/c1-3-15(17)18-10-7-8-14-12(9-10)11-5-4-6-13(11)16(14)2/h7-9,11,13H,3-6H2,1-2H3/t11-,13-/m0/s1. The first-order valence-electron chi connectivity index (χ1n) is 6.78. The number of carbonyl (C=O) groups excluding carboxylic acids is 1. The maximum atomic E-state index is 11.3. The summed E-state index contributed by atoms with van der Waals surface area (Å²) >= 11 is 0. The van der Waals surface area contributed by atoms with Crippen LogP contribution in [0.3, 0.4) is 0 Å². The number of nitrogens with zero attached hydrogens (tertiary/aromatic N) is 1. The second-order valence-electron chi connectivity index (χ2n) is 5.26. The van der Waals surface area contributed by atoms with E-state index in [1.165, 1.54) is 30.5 Å². The summed E-state index contributed by atoms with van der Waals surface area (Å²) in [5.41, 5.74) is 2.67. The number of rotatable bonds is 2. The lowest BCUT2D eigenvalue weighted by Gasteiger charge is -2.21. The Morgan fingerprint density at radius 3 is 3.06 bits per heavy atom. The van der Waals surface area contributed by atoms with Crippen LogP contribution in [0.15, 0.2) is 18.2 Å². The van der Waals surface area contributed by atoms with Crippen molar-refractivity contribution in [1.82, 2.24) is 0 Å². The molecule has 1 fully saturated rings. The van der Waals surface area contributed by atoms with E-state index in [-0.39, 0.29) is 5.97 Å². The van der Waals surface area contributed by atoms with E-state index in [0.717, 1.165) is 0 Å². The van der Waals surface area contributed by atoms with E-state index in [4.69, 9.17) is 4.74 Å². The van der Waals surface area contributed by atoms with Gasteiger partial charge in [0.2, 0.25) is 0 Å². The molecule has 96 valence electrons. The molecule has 0 amide bonds. The average molecular weight is 245 g/mol. The number of likely N-dealkylation sites (N-methyl/N-ethyl adjacent to an activating group) is 1. The molecular weight excluding hydrogens is 226 g/mol. The van der Waals surface area contributed by atoms with Gasteiger partial charge in [-0.05, 0) is 36.6 Å². The van der Waals surface area contributed by atoms with Gasteiger partial charge in [0.15, 0.2) is 0 Å². The van der Waals surface area contributed by atoms with E-state index in [2.05, 4.69) is 24.1 Å². The smallest absolute Gasteiger partial charge is 0.310 e. The number of benzene rings is 1. The molecule has 0 spiro atoms. The van der Waals surface area contributed by atoms with Crippen molar-refractivity contribution in [3.05, 3.63) is 23.8 Å². The highest BCUT2D eigenvalue weighted by atomic mass is 16.5. The fraction of sp³-hybridized carbons (Fsp3) is 0.533. The third-order valence-electron chi connectivity index (χ3n) is 4.28. The highest BCUT2D eigenvalue weighted by Crippen LogP contribution is 2.49. The topological polar surface area (TPSA) is 29.5 Å². The zero-order valence-electron chi connectivity index (χ0n) is 11.0. The largest absolute Gasteiger partial charge is 0.427 e. The zero-order chi connectivity index (χ0) is 12.7. The molecule has 1 saturated carbocycles. The summed E-state index contributed by atoms with van der Waals surface area (Å²) < 4.78 is 5.32. The fourth-order valence-electron chi connectivity index (χ4n) is 3.36. The Bertz CT molecular complexity index is 483. The van der Waals surface area contributed by atoms with Gasteiger partial charge in [-0.1, -0.05) is 13.3 Å². The summed E-state index contributed by atoms with van der Waals surface area (Å²) in [4.78, 5) is 13.7. The third kappa shape index (κ3) is 1.69. The van der Waals surface area contributed by atoms with Gasteiger partial charge in [-0.3, -0.25) is 4.79 Å². The highest BCUT2D eigenvalue weighted by molar-refractivity contribution is 5.73. The summed E-state index contributed by atoms with van der Waals surface area (Å²) in [5.74, 6) is 1.16. The van der Waals surface area contributed by atoms with Crippen molar-refractivity contribution in [1.29, 1.82) is 0 Å². The van der Waals surface area contributed by atoms with Gasteiger partial charge in [0, 0.05) is 31.1 Å². The molecule has 18 heavy (non-hydrogen) atoms. The Kier molecular flexibility index (Phi) is 2.77. The molecule has 2 atom stereocenters. The van der Waals surface area contributed by atoms with Crippen LogP contribution in [0.25, 0.3) is 0 Å². The SMILES string of the molecule is CCC(=O)Oc1ccc2c(c1)[C@@H]1CCC[C@@H]1N2C. The van der Waals surface area contributed by atoms with Crippen LogP contribution in [-0.4, -0.2) is 19.1 Å². The Balaban J connectivity index is 1.92. The van der Waals surface area contributed by atoms with Gasteiger partial charge in [0.1, 0.15) is 5.75 Å². The van der Waals surface area contributed by atoms with Crippen molar-refractivity contribution < 1.29 is 9.53 Å². The first kappa shape index (κ1) is 11.6. The second-order valence-corrected chi connectivity index (χ2v) is 5.26. The van der Waals surface area contributed by atoms with Gasteiger partial charge in [-0.25, -0.2) is 0 Å². The normalized spacial score (nSPS) is 24.9. The maximum Gasteiger partial charge on any atom is 0.310 e. The van der Waals surface area contributed by atoms with Gasteiger partial charge in [-0.15, -0.1) is 0 Å². The molecule has 1 aromatic rings. The predicted octanol–water partition coefficient (Wildman–Crippen LogP) is 3.09. The maximum absolute atomic E-state index is 11.3. The summed E-state index contributed by atoms with van der Waals surface area (Å²) in [6, 6.07) is 6.71. The first-order chi connectivity index (χ1) is 8.70. The number of fused-ring (bicyclic) bond motifs is 3. The van der Waals surface area contributed by atoms with E-state index in [0.29, 0.717) is 24.1 Å². The molecule has 3 rings (SSSR count). The Morgan fingerprint density at radius 1 is 1.44 bits per heavy atom. The summed E-state index contributed by atoms with van der Waals surface area (Å²) in [7, 11) is 2.17. The number of hydrogen-bond donors (Lipinski definition) is 0. The van der Waals surface area contributed by atoms with Crippen molar-refractivity contribution in [3.8, 4) is 5.75 Å². The van der Waals surface area contributed by atoms with Crippen LogP contribution in [0.5, 0.6) is 5.75 Å². The van der Waals surface area contributed by atoms with E-state index in [1.807, 2.05) is 13.0 Å². The van der Waals surface area contributed by atoms with Crippen molar-refractivity contribution in [2.75, 3.05) is 11.9 Å². The van der Waals surface area contributed by atoms with Crippen LogP contribution in [0.4, 0.5) is 5.69 Å². The van der Waals surface area contributed by atoms with Crippen LogP contribution < -0.4 is 9.64 Å². The molecule has 1 aromatic carbocycles. The number of esters is 1. The van der Waals surface area contributed by atoms with Gasteiger partial charge in [0.25, 0.3) is 0 Å². The molecule has 1 heterocycles. The van der Waals surface area contributed by atoms with Crippen molar-refractivity contribution in [3.63, 3.8) is 0 Å². The quantitative estimate of drug-likeness (QED) is 0.592. The molecule has 0 radical (unpaired) electrons. The molecule has 0 aromatic heterocycles. The summed E-state index contributed by atoms with van der Waals surface area (Å²) in [6.07, 6.45) is 4.26. The third-order valence-corrected chi connectivity index (χ3v) is 4.28. The van der Waals surface area contributed by atoms with Crippen LogP contribution >= 0.6 is 0 Å². The van der Waals surface area contributed by atoms with Crippen LogP contribution in [0.1, 0.15) is 44.1 Å². The first-order valence-corrected chi connectivity index (χ1v) is 6.78. The van der Waals surface area contributed by atoms with Gasteiger partial charge < -0.3 is 9.64 Å². The van der Waals surface area contributed by atoms with Crippen molar-refractivity contribution >= 4 is 11.7 Å². The van der Waals surface area contributed by atoms with Gasteiger partial charge in [0.05, 0.1) is 0 Å². The molecule has 3 heteroatoms. The minimum absolute atomic E-state index is 0.163.